The fraction of sp³-hybridized carbons (Fsp3) is 0.909. The SMILES string of the molecule is COC(=O)CCCN1CCN(C2CN(C)C(=O)O2)C(CCCC2CCN(C)CC2)C1. The lowest BCUT2D eigenvalue weighted by Crippen LogP contribution is -2.57. The van der Waals surface area contributed by atoms with E-state index in [4.69, 9.17) is 9.47 Å². The van der Waals surface area contributed by atoms with E-state index in [2.05, 4.69) is 21.7 Å². The average Bonchev–Trinajstić information content (AvgIpc) is 3.07. The predicted octanol–water partition coefficient (Wildman–Crippen LogP) is 1.85. The molecule has 0 radical (unpaired) electrons. The standard InChI is InChI=1S/C22H40N4O4/c1-23-12-9-18(10-13-23)6-4-7-19-16-25(11-5-8-21(27)29-3)14-15-26(19)20-17-24(2)22(28)30-20/h18-20H,4-17H2,1-3H3. The normalized spacial score (nSPS) is 27.4. The molecule has 0 aromatic carbocycles. The predicted molar refractivity (Wildman–Crippen MR) is 115 cm³/mol. The van der Waals surface area contributed by atoms with Crippen molar-refractivity contribution in [3.63, 3.8) is 0 Å². The van der Waals surface area contributed by atoms with Crippen LogP contribution in [0.4, 0.5) is 4.79 Å². The first-order valence-electron chi connectivity index (χ1n) is 11.6. The van der Waals surface area contributed by atoms with Crippen molar-refractivity contribution >= 4 is 12.1 Å². The van der Waals surface area contributed by atoms with Crippen LogP contribution in [0.2, 0.25) is 0 Å². The molecular weight excluding hydrogens is 384 g/mol. The van der Waals surface area contributed by atoms with Gasteiger partial charge in [-0.2, -0.15) is 0 Å². The van der Waals surface area contributed by atoms with Gasteiger partial charge in [0.05, 0.1) is 13.7 Å². The highest BCUT2D eigenvalue weighted by molar-refractivity contribution is 5.69. The fourth-order valence-corrected chi connectivity index (χ4v) is 5.04. The summed E-state index contributed by atoms with van der Waals surface area (Å²) in [7, 11) is 5.46. The van der Waals surface area contributed by atoms with Crippen LogP contribution in [0.3, 0.4) is 0 Å². The summed E-state index contributed by atoms with van der Waals surface area (Å²) in [5.74, 6) is 0.717. The lowest BCUT2D eigenvalue weighted by molar-refractivity contribution is -0.140. The van der Waals surface area contributed by atoms with Crippen molar-refractivity contribution < 1.29 is 19.1 Å². The number of carbonyl (C=O) groups excluding carboxylic acids is 2. The smallest absolute Gasteiger partial charge is 0.411 e. The number of cyclic esters (lactones) is 1. The third-order valence-corrected chi connectivity index (χ3v) is 7.03. The number of carbonyl (C=O) groups is 2. The van der Waals surface area contributed by atoms with Crippen molar-refractivity contribution in [3.05, 3.63) is 0 Å². The van der Waals surface area contributed by atoms with Gasteiger partial charge in [0.25, 0.3) is 0 Å². The van der Waals surface area contributed by atoms with E-state index in [1.54, 1.807) is 11.9 Å². The molecule has 3 rings (SSSR count). The van der Waals surface area contributed by atoms with E-state index in [1.165, 1.54) is 45.9 Å². The minimum atomic E-state index is -0.217. The number of piperidine rings is 1. The van der Waals surface area contributed by atoms with Crippen molar-refractivity contribution in [1.82, 2.24) is 19.6 Å². The third kappa shape index (κ3) is 6.56. The first-order valence-corrected chi connectivity index (χ1v) is 11.6. The summed E-state index contributed by atoms with van der Waals surface area (Å²) in [4.78, 5) is 32.3. The first-order chi connectivity index (χ1) is 14.5. The molecule has 0 aliphatic carbocycles. The Labute approximate surface area is 181 Å². The molecule has 1 amide bonds. The summed E-state index contributed by atoms with van der Waals surface area (Å²) in [5, 5.41) is 0. The van der Waals surface area contributed by atoms with Gasteiger partial charge in [0.1, 0.15) is 0 Å². The van der Waals surface area contributed by atoms with E-state index >= 15 is 0 Å². The highest BCUT2D eigenvalue weighted by Gasteiger charge is 2.38. The number of likely N-dealkylation sites (tertiary alicyclic amines) is 1. The molecule has 8 heteroatoms. The molecule has 3 aliphatic heterocycles. The van der Waals surface area contributed by atoms with E-state index in [0.717, 1.165) is 44.9 Å². The number of nitrogens with zero attached hydrogens (tertiary/aromatic N) is 4. The van der Waals surface area contributed by atoms with Crippen LogP contribution in [0.25, 0.3) is 0 Å². The number of likely N-dealkylation sites (N-methyl/N-ethyl adjacent to an activating group) is 1. The lowest BCUT2D eigenvalue weighted by Gasteiger charge is -2.43. The zero-order valence-corrected chi connectivity index (χ0v) is 19.1. The molecule has 2 atom stereocenters. The van der Waals surface area contributed by atoms with Crippen LogP contribution in [0, 0.1) is 5.92 Å². The molecule has 3 fully saturated rings. The summed E-state index contributed by atoms with van der Waals surface area (Å²) in [6, 6.07) is 0.396. The maximum absolute atomic E-state index is 11.9. The van der Waals surface area contributed by atoms with Crippen LogP contribution in [-0.4, -0.2) is 111 Å². The third-order valence-electron chi connectivity index (χ3n) is 7.03. The van der Waals surface area contributed by atoms with Crippen LogP contribution in [0.15, 0.2) is 0 Å². The molecule has 172 valence electrons. The van der Waals surface area contributed by atoms with Gasteiger partial charge in [0.15, 0.2) is 6.23 Å². The van der Waals surface area contributed by atoms with Crippen LogP contribution >= 0.6 is 0 Å². The van der Waals surface area contributed by atoms with Crippen molar-refractivity contribution in [2.45, 2.75) is 57.2 Å². The highest BCUT2D eigenvalue weighted by atomic mass is 16.6. The Hall–Kier alpha value is -1.38. The molecule has 8 nitrogen and oxygen atoms in total. The van der Waals surface area contributed by atoms with Crippen molar-refractivity contribution in [2.24, 2.45) is 5.92 Å². The summed E-state index contributed by atoms with van der Waals surface area (Å²) in [5.41, 5.74) is 0. The number of hydrogen-bond acceptors (Lipinski definition) is 7. The molecule has 3 aliphatic rings. The zero-order valence-electron chi connectivity index (χ0n) is 19.1. The van der Waals surface area contributed by atoms with E-state index < -0.39 is 0 Å². The maximum atomic E-state index is 11.9. The molecule has 0 spiro atoms. The van der Waals surface area contributed by atoms with E-state index in [1.807, 2.05) is 0 Å². The Morgan fingerprint density at radius 3 is 2.50 bits per heavy atom. The van der Waals surface area contributed by atoms with Crippen molar-refractivity contribution in [3.8, 4) is 0 Å². The second-order valence-electron chi connectivity index (χ2n) is 9.27. The Morgan fingerprint density at radius 1 is 1.07 bits per heavy atom. The molecule has 0 aromatic rings. The maximum Gasteiger partial charge on any atom is 0.411 e. The second kappa shape index (κ2) is 11.3. The molecule has 2 unspecified atom stereocenters. The first kappa shape index (κ1) is 23.3. The number of hydrogen-bond donors (Lipinski definition) is 0. The number of methoxy groups -OCH3 is 1. The Kier molecular flexibility index (Phi) is 8.77. The number of amides is 1. The van der Waals surface area contributed by atoms with E-state index in [9.17, 15) is 9.59 Å². The van der Waals surface area contributed by atoms with Gasteiger partial charge >= 0.3 is 12.1 Å². The van der Waals surface area contributed by atoms with Gasteiger partial charge in [-0.05, 0) is 58.3 Å². The molecule has 0 saturated carbocycles. The molecule has 3 heterocycles. The molecule has 0 aromatic heterocycles. The molecule has 0 N–H and O–H groups in total. The van der Waals surface area contributed by atoms with Gasteiger partial charge in [-0.25, -0.2) is 4.79 Å². The number of esters is 1. The van der Waals surface area contributed by atoms with Crippen LogP contribution in [0.1, 0.15) is 44.9 Å². The van der Waals surface area contributed by atoms with Crippen molar-refractivity contribution in [2.75, 3.05) is 67.0 Å². The van der Waals surface area contributed by atoms with Gasteiger partial charge in [-0.3, -0.25) is 9.69 Å². The summed E-state index contributed by atoms with van der Waals surface area (Å²) < 4.78 is 10.4. The lowest BCUT2D eigenvalue weighted by atomic mass is 9.90. The molecular formula is C22H40N4O4. The number of ether oxygens (including phenoxy) is 2. The summed E-state index contributed by atoms with van der Waals surface area (Å²) in [6.45, 7) is 6.84. The highest BCUT2D eigenvalue weighted by Crippen LogP contribution is 2.26. The summed E-state index contributed by atoms with van der Waals surface area (Å²) >= 11 is 0. The van der Waals surface area contributed by atoms with Gasteiger partial charge in [0.2, 0.25) is 0 Å². The monoisotopic (exact) mass is 424 g/mol. The zero-order chi connectivity index (χ0) is 21.5. The Balaban J connectivity index is 1.50. The van der Waals surface area contributed by atoms with Crippen molar-refractivity contribution in [1.29, 1.82) is 0 Å². The second-order valence-corrected chi connectivity index (χ2v) is 9.27. The van der Waals surface area contributed by atoms with Gasteiger partial charge < -0.3 is 24.2 Å². The van der Waals surface area contributed by atoms with Gasteiger partial charge in [0, 0.05) is 39.1 Å². The fourth-order valence-electron chi connectivity index (χ4n) is 5.04. The number of rotatable bonds is 9. The number of piperazine rings is 1. The molecule has 3 saturated heterocycles. The van der Waals surface area contributed by atoms with E-state index in [0.29, 0.717) is 19.0 Å². The molecule has 0 bridgehead atoms. The summed E-state index contributed by atoms with van der Waals surface area (Å²) in [6.07, 6.45) is 7.24. The Morgan fingerprint density at radius 2 is 1.83 bits per heavy atom. The average molecular weight is 425 g/mol. The van der Waals surface area contributed by atoms with Crippen LogP contribution < -0.4 is 0 Å². The van der Waals surface area contributed by atoms with Crippen LogP contribution in [-0.2, 0) is 14.3 Å². The van der Waals surface area contributed by atoms with Gasteiger partial charge in [-0.15, -0.1) is 0 Å². The van der Waals surface area contributed by atoms with Crippen LogP contribution in [0.5, 0.6) is 0 Å². The van der Waals surface area contributed by atoms with Gasteiger partial charge in [-0.1, -0.05) is 12.8 Å². The minimum Gasteiger partial charge on any atom is -0.469 e. The van der Waals surface area contributed by atoms with E-state index in [-0.39, 0.29) is 18.3 Å². The minimum absolute atomic E-state index is 0.131. The Bertz CT molecular complexity index is 567. The quantitative estimate of drug-likeness (QED) is 0.523. The largest absolute Gasteiger partial charge is 0.469 e. The topological polar surface area (TPSA) is 65.6 Å². The molecule has 30 heavy (non-hydrogen) atoms.